The number of rotatable bonds is 15. The number of allylic oxidation sites excluding steroid dienone is 2. The molecular formula is C56H74F3N7O9S. The minimum Gasteiger partial charge on any atom is -0.497 e. The standard InChI is InChI=1S/C54H68F3N7O6.C2H6O3S/c1-51(2,54(55,56)57)35-61(25-22-53(23-31-70-52(3,4)34-53)40-14-16-41(69-5)17-15-40)33-37-8-12-39(13-9-37)38-10-6-36(7-11-38)32-60-27-29-62(30-28-60)49(67)42-18-19-43-47-46(42)58-24-26-63(47)50(68)64(43)44-20-21-45(65)59-48(44)66;1-2-6(3,4)5/h8-10,12-19,36,44,58H,6-7,11,20-35H2,1-5H3,(H,59,65,66);2H2,1H3,(H,3,4,5)/t36-,44?,53+;/m0./s1. The Morgan fingerprint density at radius 2 is 1.64 bits per heavy atom. The molecule has 20 heteroatoms. The quantitative estimate of drug-likeness (QED) is 0.0770. The zero-order chi connectivity index (χ0) is 54.8. The molecule has 1 unspecified atom stereocenters. The van der Waals surface area contributed by atoms with Crippen molar-refractivity contribution < 1.29 is 50.0 Å². The van der Waals surface area contributed by atoms with Crippen LogP contribution in [0.4, 0.5) is 18.9 Å². The van der Waals surface area contributed by atoms with Gasteiger partial charge in [-0.25, -0.2) is 4.79 Å². The average molecular weight is 1080 g/mol. The summed E-state index contributed by atoms with van der Waals surface area (Å²) in [5, 5.41) is 5.73. The maximum Gasteiger partial charge on any atom is 0.395 e. The Morgan fingerprint density at radius 1 is 0.947 bits per heavy atom. The van der Waals surface area contributed by atoms with Crippen molar-refractivity contribution in [2.75, 3.05) is 77.1 Å². The van der Waals surface area contributed by atoms with E-state index in [-0.39, 0.29) is 53.7 Å². The lowest BCUT2D eigenvalue weighted by atomic mass is 9.67. The molecule has 5 heterocycles. The number of carbonyl (C=O) groups excluding carboxylic acids is 3. The lowest BCUT2D eigenvalue weighted by Crippen LogP contribution is -2.50. The van der Waals surface area contributed by atoms with Crippen LogP contribution in [0.15, 0.2) is 71.5 Å². The fraction of sp³-hybridized carbons (Fsp3) is 0.571. The zero-order valence-corrected chi connectivity index (χ0v) is 45.5. The van der Waals surface area contributed by atoms with Crippen molar-refractivity contribution in [1.29, 1.82) is 0 Å². The van der Waals surface area contributed by atoms with Crippen LogP contribution in [0.25, 0.3) is 16.6 Å². The number of piperazine rings is 1. The lowest BCUT2D eigenvalue weighted by molar-refractivity contribution is -0.217. The van der Waals surface area contributed by atoms with Gasteiger partial charge in [0.15, 0.2) is 0 Å². The average Bonchev–Trinajstić information content (AvgIpc) is 3.70. The number of halogens is 3. The lowest BCUT2D eigenvalue weighted by Gasteiger charge is -2.46. The summed E-state index contributed by atoms with van der Waals surface area (Å²) in [5.74, 6) is 0.129. The first-order valence-corrected chi connectivity index (χ1v) is 28.2. The van der Waals surface area contributed by atoms with Gasteiger partial charge in [0.25, 0.3) is 16.0 Å². The number of alkyl halides is 3. The number of benzene rings is 3. The van der Waals surface area contributed by atoms with Crippen LogP contribution in [0.1, 0.15) is 119 Å². The number of nitrogens with zero attached hydrogens (tertiary/aromatic N) is 5. The molecule has 414 valence electrons. The summed E-state index contributed by atoms with van der Waals surface area (Å²) in [6.45, 7) is 14.1. The molecule has 0 saturated carbocycles. The number of amides is 3. The Labute approximate surface area is 443 Å². The number of hydrogen-bond acceptors (Lipinski definition) is 11. The van der Waals surface area contributed by atoms with E-state index in [4.69, 9.17) is 14.0 Å². The fourth-order valence-corrected chi connectivity index (χ4v) is 11.8. The minimum atomic E-state index is -4.35. The van der Waals surface area contributed by atoms with E-state index in [1.165, 1.54) is 30.9 Å². The van der Waals surface area contributed by atoms with Crippen molar-refractivity contribution in [3.63, 3.8) is 0 Å². The topological polar surface area (TPSA) is 185 Å². The zero-order valence-electron chi connectivity index (χ0n) is 44.6. The van der Waals surface area contributed by atoms with E-state index < -0.39 is 33.7 Å². The molecule has 3 aromatic carbocycles. The highest BCUT2D eigenvalue weighted by Crippen LogP contribution is 2.46. The third kappa shape index (κ3) is 12.9. The molecule has 16 nitrogen and oxygen atoms in total. The van der Waals surface area contributed by atoms with E-state index in [1.54, 1.807) is 23.8 Å². The molecule has 3 atom stereocenters. The molecule has 1 aromatic heterocycles. The predicted octanol–water partition coefficient (Wildman–Crippen LogP) is 8.06. The highest BCUT2D eigenvalue weighted by Gasteiger charge is 2.49. The molecule has 4 aliphatic heterocycles. The van der Waals surface area contributed by atoms with E-state index >= 15 is 0 Å². The summed E-state index contributed by atoms with van der Waals surface area (Å²) in [7, 11) is -2.02. The van der Waals surface area contributed by atoms with Gasteiger partial charge in [-0.3, -0.25) is 43.2 Å². The highest BCUT2D eigenvalue weighted by molar-refractivity contribution is 7.85. The maximum atomic E-state index is 14.4. The van der Waals surface area contributed by atoms with Gasteiger partial charge < -0.3 is 19.7 Å². The predicted molar refractivity (Wildman–Crippen MR) is 286 cm³/mol. The smallest absolute Gasteiger partial charge is 0.395 e. The third-order valence-electron chi connectivity index (χ3n) is 16.1. The molecule has 76 heavy (non-hydrogen) atoms. The molecule has 3 fully saturated rings. The number of ether oxygens (including phenoxy) is 2. The third-order valence-corrected chi connectivity index (χ3v) is 16.9. The van der Waals surface area contributed by atoms with Gasteiger partial charge in [-0.1, -0.05) is 42.5 Å². The van der Waals surface area contributed by atoms with Gasteiger partial charge in [-0.05, 0) is 139 Å². The second-order valence-electron chi connectivity index (χ2n) is 22.5. The Kier molecular flexibility index (Phi) is 17.0. The van der Waals surface area contributed by atoms with Crippen LogP contribution < -0.4 is 21.1 Å². The molecule has 3 saturated heterocycles. The molecule has 9 rings (SSSR count). The Balaban J connectivity index is 0.00000121. The normalized spacial score (nSPS) is 22.4. The van der Waals surface area contributed by atoms with Crippen LogP contribution >= 0.6 is 0 Å². The van der Waals surface area contributed by atoms with Crippen molar-refractivity contribution in [3.05, 3.63) is 99.5 Å². The maximum absolute atomic E-state index is 14.4. The number of imidazole rings is 1. The second kappa shape index (κ2) is 22.8. The summed E-state index contributed by atoms with van der Waals surface area (Å²) in [6, 6.07) is 19.2. The summed E-state index contributed by atoms with van der Waals surface area (Å²) in [5.41, 5.74) is 4.06. The van der Waals surface area contributed by atoms with Gasteiger partial charge in [0.2, 0.25) is 11.8 Å². The Hall–Kier alpha value is -5.54. The largest absolute Gasteiger partial charge is 0.497 e. The molecule has 3 N–H and O–H groups in total. The van der Waals surface area contributed by atoms with Crippen molar-refractivity contribution >= 4 is 50.1 Å². The number of nitrogens with one attached hydrogen (secondary N) is 2. The van der Waals surface area contributed by atoms with Crippen molar-refractivity contribution in [2.24, 2.45) is 11.3 Å². The van der Waals surface area contributed by atoms with Crippen LogP contribution in [-0.4, -0.2) is 138 Å². The summed E-state index contributed by atoms with van der Waals surface area (Å²) in [4.78, 5) is 58.6. The van der Waals surface area contributed by atoms with Gasteiger partial charge in [-0.15, -0.1) is 0 Å². The number of imide groups is 1. The number of anilines is 1. The second-order valence-corrected chi connectivity index (χ2v) is 24.2. The fourth-order valence-electron chi connectivity index (χ4n) is 11.8. The first-order chi connectivity index (χ1) is 35.9. The van der Waals surface area contributed by atoms with Crippen LogP contribution in [-0.2, 0) is 42.9 Å². The van der Waals surface area contributed by atoms with Crippen molar-refractivity contribution in [1.82, 2.24) is 29.2 Å². The van der Waals surface area contributed by atoms with Gasteiger partial charge >= 0.3 is 11.9 Å². The summed E-state index contributed by atoms with van der Waals surface area (Å²) < 4.78 is 84.8. The molecule has 5 aliphatic rings. The molecular weight excluding hydrogens is 1000 g/mol. The van der Waals surface area contributed by atoms with Gasteiger partial charge in [0.05, 0.1) is 46.2 Å². The van der Waals surface area contributed by atoms with E-state index in [1.807, 2.05) is 21.9 Å². The van der Waals surface area contributed by atoms with E-state index in [0.29, 0.717) is 80.5 Å². The highest BCUT2D eigenvalue weighted by atomic mass is 32.2. The van der Waals surface area contributed by atoms with Crippen LogP contribution in [0.2, 0.25) is 0 Å². The molecule has 0 bridgehead atoms. The first kappa shape index (κ1) is 56.7. The van der Waals surface area contributed by atoms with Crippen LogP contribution in [0.3, 0.4) is 0 Å². The molecule has 4 aromatic rings. The molecule has 0 spiro atoms. The number of piperidine rings is 1. The van der Waals surface area contributed by atoms with Crippen LogP contribution in [0, 0.1) is 11.3 Å². The van der Waals surface area contributed by atoms with E-state index in [2.05, 4.69) is 71.9 Å². The number of hydrogen-bond donors (Lipinski definition) is 3. The van der Waals surface area contributed by atoms with E-state index in [0.717, 1.165) is 74.2 Å². The Morgan fingerprint density at radius 3 is 2.25 bits per heavy atom. The van der Waals surface area contributed by atoms with Gasteiger partial charge in [0, 0.05) is 77.3 Å². The summed E-state index contributed by atoms with van der Waals surface area (Å²) >= 11 is 0. The minimum absolute atomic E-state index is 0.0926. The van der Waals surface area contributed by atoms with Gasteiger partial charge in [0.1, 0.15) is 11.8 Å². The van der Waals surface area contributed by atoms with Gasteiger partial charge in [-0.2, -0.15) is 21.6 Å². The molecule has 3 amide bonds. The van der Waals surface area contributed by atoms with Crippen molar-refractivity contribution in [3.8, 4) is 5.75 Å². The summed E-state index contributed by atoms with van der Waals surface area (Å²) in [6.07, 6.45) is 3.59. The van der Waals surface area contributed by atoms with E-state index in [9.17, 15) is 40.8 Å². The number of methoxy groups -OCH3 is 1. The molecule has 1 aliphatic carbocycles. The van der Waals surface area contributed by atoms with Crippen LogP contribution in [0.5, 0.6) is 5.75 Å². The number of aromatic nitrogens is 2. The first-order valence-electron chi connectivity index (χ1n) is 26.6. The monoisotopic (exact) mass is 1080 g/mol. The Bertz CT molecular complexity index is 2960. The SMILES string of the molecule is CCS(=O)(=O)O.COc1ccc([C@]2(CCN(Cc3ccc(C4=CC[C@H](CN5CCN(C(=O)c6ccc7c8c6NCCn8c(=O)n7C6CCC(=O)NC6=O)CC5)CC4)cc3)CC(C)(C)C(F)(F)F)CCOC(C)(C)C2)cc1. The molecule has 0 radical (unpaired) electrons. The number of carbonyl (C=O) groups is 3. The van der Waals surface area contributed by atoms with Crippen molar-refractivity contribution in [2.45, 2.75) is 122 Å².